The van der Waals surface area contributed by atoms with Crippen LogP contribution in [0.5, 0.6) is 0 Å². The number of aliphatic hydroxyl groups excluding tert-OH is 1. The molecule has 0 fully saturated rings. The number of aromatic nitrogens is 1. The van der Waals surface area contributed by atoms with Gasteiger partial charge in [-0.25, -0.2) is 9.78 Å². The van der Waals surface area contributed by atoms with Crippen molar-refractivity contribution in [3.05, 3.63) is 23.9 Å². The van der Waals surface area contributed by atoms with Gasteiger partial charge in [-0.05, 0) is 12.1 Å². The number of nitrogens with one attached hydrogen (secondary N) is 1. The standard InChI is InChI=1S/C10H10N2O3/c1-2-7(6-13)12-9-8(10(14)15)4-3-5-11-9/h1,3-5,7,13H,6H2,(H,11,12)(H,14,15). The maximum Gasteiger partial charge on any atom is 0.339 e. The van der Waals surface area contributed by atoms with E-state index in [4.69, 9.17) is 16.6 Å². The van der Waals surface area contributed by atoms with Crippen LogP contribution in [-0.4, -0.2) is 33.8 Å². The zero-order valence-corrected chi connectivity index (χ0v) is 7.84. The Hall–Kier alpha value is -2.06. The van der Waals surface area contributed by atoms with E-state index in [1.807, 2.05) is 0 Å². The fourth-order valence-corrected chi connectivity index (χ4v) is 0.998. The predicted molar refractivity (Wildman–Crippen MR) is 54.5 cm³/mol. The number of aliphatic hydroxyl groups is 1. The molecule has 0 bridgehead atoms. The first-order valence-corrected chi connectivity index (χ1v) is 4.21. The smallest absolute Gasteiger partial charge is 0.339 e. The molecule has 78 valence electrons. The third-order valence-electron chi connectivity index (χ3n) is 1.73. The summed E-state index contributed by atoms with van der Waals surface area (Å²) in [6, 6.07) is 2.28. The molecular weight excluding hydrogens is 196 g/mol. The number of rotatable bonds is 4. The van der Waals surface area contributed by atoms with Gasteiger partial charge in [0.05, 0.1) is 6.61 Å². The van der Waals surface area contributed by atoms with E-state index in [1.165, 1.54) is 18.3 Å². The summed E-state index contributed by atoms with van der Waals surface area (Å²) in [5.41, 5.74) is 0.0196. The van der Waals surface area contributed by atoms with Crippen molar-refractivity contribution < 1.29 is 15.0 Å². The van der Waals surface area contributed by atoms with Crippen molar-refractivity contribution >= 4 is 11.8 Å². The van der Waals surface area contributed by atoms with Crippen LogP contribution in [0.4, 0.5) is 5.82 Å². The van der Waals surface area contributed by atoms with Gasteiger partial charge in [-0.2, -0.15) is 0 Å². The van der Waals surface area contributed by atoms with E-state index in [0.717, 1.165) is 0 Å². The van der Waals surface area contributed by atoms with Gasteiger partial charge >= 0.3 is 5.97 Å². The van der Waals surface area contributed by atoms with E-state index in [-0.39, 0.29) is 18.0 Å². The molecule has 0 saturated heterocycles. The minimum absolute atomic E-state index is 0.0196. The molecule has 15 heavy (non-hydrogen) atoms. The van der Waals surface area contributed by atoms with Gasteiger partial charge in [0, 0.05) is 6.20 Å². The second-order valence-electron chi connectivity index (χ2n) is 2.75. The molecule has 0 aromatic carbocycles. The van der Waals surface area contributed by atoms with E-state index < -0.39 is 12.0 Å². The number of hydrogen-bond donors (Lipinski definition) is 3. The Morgan fingerprint density at radius 1 is 1.73 bits per heavy atom. The first-order chi connectivity index (χ1) is 7.19. The van der Waals surface area contributed by atoms with Crippen molar-refractivity contribution in [1.82, 2.24) is 4.98 Å². The minimum Gasteiger partial charge on any atom is -0.478 e. The van der Waals surface area contributed by atoms with Crippen LogP contribution in [-0.2, 0) is 0 Å². The van der Waals surface area contributed by atoms with Crippen LogP contribution in [0.1, 0.15) is 10.4 Å². The summed E-state index contributed by atoms with van der Waals surface area (Å²) in [6.07, 6.45) is 6.55. The maximum absolute atomic E-state index is 10.8. The molecule has 0 saturated carbocycles. The Morgan fingerprint density at radius 3 is 3.00 bits per heavy atom. The highest BCUT2D eigenvalue weighted by atomic mass is 16.4. The van der Waals surface area contributed by atoms with Crippen molar-refractivity contribution in [3.8, 4) is 12.3 Å². The SMILES string of the molecule is C#CC(CO)Nc1ncccc1C(=O)O. The van der Waals surface area contributed by atoms with Crippen molar-refractivity contribution in [2.75, 3.05) is 11.9 Å². The van der Waals surface area contributed by atoms with Gasteiger partial charge in [0.25, 0.3) is 0 Å². The highest BCUT2D eigenvalue weighted by Crippen LogP contribution is 2.11. The fourth-order valence-electron chi connectivity index (χ4n) is 0.998. The van der Waals surface area contributed by atoms with E-state index in [1.54, 1.807) is 0 Å². The number of hydrogen-bond acceptors (Lipinski definition) is 4. The zero-order chi connectivity index (χ0) is 11.3. The molecule has 1 aromatic heterocycles. The Kier molecular flexibility index (Phi) is 3.66. The first-order valence-electron chi connectivity index (χ1n) is 4.21. The van der Waals surface area contributed by atoms with Crippen LogP contribution in [0.2, 0.25) is 0 Å². The molecule has 0 radical (unpaired) electrons. The monoisotopic (exact) mass is 206 g/mol. The number of nitrogens with zero attached hydrogens (tertiary/aromatic N) is 1. The van der Waals surface area contributed by atoms with E-state index in [9.17, 15) is 4.79 Å². The highest BCUT2D eigenvalue weighted by molar-refractivity contribution is 5.93. The van der Waals surface area contributed by atoms with Gasteiger partial charge in [-0.3, -0.25) is 0 Å². The summed E-state index contributed by atoms with van der Waals surface area (Å²) in [5, 5.41) is 20.3. The number of carbonyl (C=O) groups is 1. The van der Waals surface area contributed by atoms with Gasteiger partial charge in [0.1, 0.15) is 17.4 Å². The quantitative estimate of drug-likeness (QED) is 0.612. The van der Waals surface area contributed by atoms with E-state index in [0.29, 0.717) is 0 Å². The Balaban J connectivity index is 2.94. The van der Waals surface area contributed by atoms with Crippen molar-refractivity contribution in [3.63, 3.8) is 0 Å². The summed E-state index contributed by atoms with van der Waals surface area (Å²) < 4.78 is 0. The second kappa shape index (κ2) is 4.98. The van der Waals surface area contributed by atoms with Crippen LogP contribution in [0.15, 0.2) is 18.3 Å². The van der Waals surface area contributed by atoms with Gasteiger partial charge < -0.3 is 15.5 Å². The number of aromatic carboxylic acids is 1. The molecule has 3 N–H and O–H groups in total. The number of carboxylic acids is 1. The average Bonchev–Trinajstić information content (AvgIpc) is 2.26. The molecule has 1 aromatic rings. The van der Waals surface area contributed by atoms with Crippen LogP contribution in [0.3, 0.4) is 0 Å². The van der Waals surface area contributed by atoms with Crippen molar-refractivity contribution in [2.45, 2.75) is 6.04 Å². The molecule has 5 nitrogen and oxygen atoms in total. The van der Waals surface area contributed by atoms with Gasteiger partial charge in [0.2, 0.25) is 0 Å². The third-order valence-corrected chi connectivity index (χ3v) is 1.73. The van der Waals surface area contributed by atoms with E-state index in [2.05, 4.69) is 16.2 Å². The Bertz CT molecular complexity index is 398. The summed E-state index contributed by atoms with van der Waals surface area (Å²) in [4.78, 5) is 14.6. The van der Waals surface area contributed by atoms with Crippen LogP contribution >= 0.6 is 0 Å². The number of pyridine rings is 1. The molecule has 0 aliphatic heterocycles. The lowest BCUT2D eigenvalue weighted by Crippen LogP contribution is -2.23. The van der Waals surface area contributed by atoms with Gasteiger partial charge in [-0.1, -0.05) is 5.92 Å². The lowest BCUT2D eigenvalue weighted by atomic mass is 10.2. The molecule has 1 rings (SSSR count). The molecular formula is C10H10N2O3. The Morgan fingerprint density at radius 2 is 2.47 bits per heavy atom. The minimum atomic E-state index is -1.10. The van der Waals surface area contributed by atoms with Crippen molar-refractivity contribution in [2.24, 2.45) is 0 Å². The normalized spacial score (nSPS) is 11.5. The van der Waals surface area contributed by atoms with Crippen LogP contribution < -0.4 is 5.32 Å². The third kappa shape index (κ3) is 2.69. The lowest BCUT2D eigenvalue weighted by Gasteiger charge is -2.12. The molecule has 1 unspecified atom stereocenters. The molecule has 0 aliphatic carbocycles. The van der Waals surface area contributed by atoms with Crippen LogP contribution in [0, 0.1) is 12.3 Å². The summed E-state index contributed by atoms with van der Waals surface area (Å²) in [5.74, 6) is 1.33. The Labute approximate surface area is 86.8 Å². The van der Waals surface area contributed by atoms with Crippen LogP contribution in [0.25, 0.3) is 0 Å². The maximum atomic E-state index is 10.8. The number of anilines is 1. The summed E-state index contributed by atoms with van der Waals surface area (Å²) >= 11 is 0. The molecule has 1 atom stereocenters. The number of carboxylic acid groups (broad SMARTS) is 1. The molecule has 0 spiro atoms. The predicted octanol–water partition coefficient (Wildman–Crippen LogP) is 0.186. The molecule has 5 heteroatoms. The first kappa shape index (κ1) is 11.0. The average molecular weight is 206 g/mol. The van der Waals surface area contributed by atoms with E-state index >= 15 is 0 Å². The summed E-state index contributed by atoms with van der Waals surface area (Å²) in [6.45, 7) is -0.286. The highest BCUT2D eigenvalue weighted by Gasteiger charge is 2.12. The van der Waals surface area contributed by atoms with Gasteiger partial charge in [0.15, 0.2) is 0 Å². The van der Waals surface area contributed by atoms with Gasteiger partial charge in [-0.15, -0.1) is 6.42 Å². The fraction of sp³-hybridized carbons (Fsp3) is 0.200. The topological polar surface area (TPSA) is 82.5 Å². The lowest BCUT2D eigenvalue weighted by molar-refractivity contribution is 0.0697. The molecule has 0 amide bonds. The number of terminal acetylenes is 1. The van der Waals surface area contributed by atoms with Crippen molar-refractivity contribution in [1.29, 1.82) is 0 Å². The largest absolute Gasteiger partial charge is 0.478 e. The molecule has 1 heterocycles. The summed E-state index contributed by atoms with van der Waals surface area (Å²) in [7, 11) is 0. The second-order valence-corrected chi connectivity index (χ2v) is 2.75. The zero-order valence-electron chi connectivity index (χ0n) is 7.84. The molecule has 0 aliphatic rings.